The van der Waals surface area contributed by atoms with Crippen molar-refractivity contribution in [2.45, 2.75) is 27.7 Å². The lowest BCUT2D eigenvalue weighted by molar-refractivity contribution is 0.0743. The molecule has 0 spiro atoms. The number of likely N-dealkylation sites (N-methyl/N-ethyl adjacent to an activating group) is 2. The van der Waals surface area contributed by atoms with Gasteiger partial charge in [0, 0.05) is 13.1 Å². The van der Waals surface area contributed by atoms with Gasteiger partial charge in [-0.2, -0.15) is 0 Å². The van der Waals surface area contributed by atoms with E-state index >= 15 is 0 Å². The van der Waals surface area contributed by atoms with E-state index in [1.807, 2.05) is 48.5 Å². The summed E-state index contributed by atoms with van der Waals surface area (Å²) in [7, 11) is 0. The van der Waals surface area contributed by atoms with Gasteiger partial charge in [-0.1, -0.05) is 52.0 Å². The third-order valence-corrected chi connectivity index (χ3v) is 5.79. The summed E-state index contributed by atoms with van der Waals surface area (Å²) in [5.41, 5.74) is 0. The average Bonchev–Trinajstić information content (AvgIpc) is 2.90. The molecule has 7 nitrogen and oxygen atoms in total. The van der Waals surface area contributed by atoms with Crippen molar-refractivity contribution in [3.8, 4) is 23.0 Å². The van der Waals surface area contributed by atoms with Crippen LogP contribution < -0.4 is 18.9 Å². The summed E-state index contributed by atoms with van der Waals surface area (Å²) < 4.78 is 29.3. The molecule has 2 rings (SSSR count). The van der Waals surface area contributed by atoms with Crippen LogP contribution in [0.3, 0.4) is 0 Å². The Morgan fingerprint density at radius 2 is 0.771 bits per heavy atom. The highest BCUT2D eigenvalue weighted by Crippen LogP contribution is 2.27. The van der Waals surface area contributed by atoms with E-state index < -0.39 is 0 Å². The first kappa shape index (κ1) is 28.8. The fraction of sp³-hybridized carbons (Fsp3) is 0.571. The van der Waals surface area contributed by atoms with E-state index in [9.17, 15) is 0 Å². The molecule has 0 fully saturated rings. The average molecular weight is 489 g/mol. The number of ether oxygens (including phenoxy) is 5. The fourth-order valence-corrected chi connectivity index (χ4v) is 3.55. The van der Waals surface area contributed by atoms with E-state index in [0.29, 0.717) is 39.6 Å². The van der Waals surface area contributed by atoms with E-state index in [1.165, 1.54) is 0 Å². The van der Waals surface area contributed by atoms with Gasteiger partial charge >= 0.3 is 0 Å². The lowest BCUT2D eigenvalue weighted by atomic mass is 10.3. The summed E-state index contributed by atoms with van der Waals surface area (Å²) in [5, 5.41) is 0. The van der Waals surface area contributed by atoms with Gasteiger partial charge in [-0.15, -0.1) is 0 Å². The molecule has 0 aliphatic heterocycles. The highest BCUT2D eigenvalue weighted by molar-refractivity contribution is 5.40. The maximum absolute atomic E-state index is 5.94. The zero-order valence-electron chi connectivity index (χ0n) is 22.0. The Kier molecular flexibility index (Phi) is 14.7. The van der Waals surface area contributed by atoms with Crippen molar-refractivity contribution in [1.29, 1.82) is 0 Å². The standard InChI is InChI=1S/C28H44N2O5/c1-5-29(6-2)17-19-32-25-13-9-11-15-27(25)34-23-21-31-22-24-35-28-16-12-10-14-26(28)33-20-18-30(7-3)8-4/h9-16H,5-8,17-24H2,1-4H3. The quantitative estimate of drug-likeness (QED) is 0.253. The largest absolute Gasteiger partial charge is 0.488 e. The molecule has 0 aliphatic rings. The van der Waals surface area contributed by atoms with Crippen molar-refractivity contribution in [1.82, 2.24) is 9.80 Å². The molecule has 0 atom stereocenters. The topological polar surface area (TPSA) is 52.6 Å². The van der Waals surface area contributed by atoms with Gasteiger partial charge in [-0.05, 0) is 50.4 Å². The SMILES string of the molecule is CCN(CC)CCOc1ccccc1OCCOCCOc1ccccc1OCCN(CC)CC. The van der Waals surface area contributed by atoms with Crippen LogP contribution in [0.4, 0.5) is 0 Å². The lowest BCUT2D eigenvalue weighted by Crippen LogP contribution is -2.28. The van der Waals surface area contributed by atoms with E-state index in [-0.39, 0.29) is 0 Å². The molecule has 0 bridgehead atoms. The maximum Gasteiger partial charge on any atom is 0.161 e. The second kappa shape index (κ2) is 17.9. The highest BCUT2D eigenvalue weighted by atomic mass is 16.6. The number of para-hydroxylation sites is 4. The first-order valence-corrected chi connectivity index (χ1v) is 12.9. The van der Waals surface area contributed by atoms with Gasteiger partial charge in [-0.25, -0.2) is 0 Å². The van der Waals surface area contributed by atoms with E-state index in [4.69, 9.17) is 23.7 Å². The van der Waals surface area contributed by atoms with Crippen molar-refractivity contribution in [3.05, 3.63) is 48.5 Å². The Morgan fingerprint density at radius 1 is 0.457 bits per heavy atom. The molecule has 0 amide bonds. The monoisotopic (exact) mass is 488 g/mol. The summed E-state index contributed by atoms with van der Waals surface area (Å²) in [6.07, 6.45) is 0. The van der Waals surface area contributed by atoms with Crippen molar-refractivity contribution in [3.63, 3.8) is 0 Å². The molecule has 0 N–H and O–H groups in total. The zero-order valence-corrected chi connectivity index (χ0v) is 22.0. The van der Waals surface area contributed by atoms with Crippen LogP contribution in [0.25, 0.3) is 0 Å². The van der Waals surface area contributed by atoms with Crippen LogP contribution in [0.5, 0.6) is 23.0 Å². The van der Waals surface area contributed by atoms with Gasteiger partial charge in [0.05, 0.1) is 13.2 Å². The lowest BCUT2D eigenvalue weighted by Gasteiger charge is -2.19. The van der Waals surface area contributed by atoms with Crippen LogP contribution in [0, 0.1) is 0 Å². The minimum absolute atomic E-state index is 0.446. The summed E-state index contributed by atoms with van der Waals surface area (Å²) in [5.74, 6) is 3.01. The molecule has 0 unspecified atom stereocenters. The van der Waals surface area contributed by atoms with Gasteiger partial charge in [0.2, 0.25) is 0 Å². The molecule has 0 heterocycles. The van der Waals surface area contributed by atoms with Crippen LogP contribution in [-0.2, 0) is 4.74 Å². The summed E-state index contributed by atoms with van der Waals surface area (Å²) in [6.45, 7) is 17.6. The zero-order chi connectivity index (χ0) is 25.1. The molecule has 0 saturated heterocycles. The van der Waals surface area contributed by atoms with Crippen LogP contribution in [0.15, 0.2) is 48.5 Å². The predicted octanol–water partition coefficient (Wildman–Crippen LogP) is 4.60. The van der Waals surface area contributed by atoms with Gasteiger partial charge in [-0.3, -0.25) is 0 Å². The van der Waals surface area contributed by atoms with Gasteiger partial charge in [0.1, 0.15) is 26.4 Å². The number of hydrogen-bond donors (Lipinski definition) is 0. The molecule has 0 aromatic heterocycles. The summed E-state index contributed by atoms with van der Waals surface area (Å²) in [6, 6.07) is 15.5. The van der Waals surface area contributed by atoms with E-state index in [0.717, 1.165) is 62.3 Å². The van der Waals surface area contributed by atoms with Crippen molar-refractivity contribution in [2.75, 3.05) is 78.9 Å². The molecule has 2 aromatic carbocycles. The minimum atomic E-state index is 0.446. The molecular weight excluding hydrogens is 444 g/mol. The highest BCUT2D eigenvalue weighted by Gasteiger charge is 2.07. The van der Waals surface area contributed by atoms with Crippen LogP contribution in [0.1, 0.15) is 27.7 Å². The number of nitrogens with zero attached hydrogens (tertiary/aromatic N) is 2. The second-order valence-corrected chi connectivity index (χ2v) is 7.95. The minimum Gasteiger partial charge on any atom is -0.488 e. The Labute approximate surface area is 211 Å². The van der Waals surface area contributed by atoms with Crippen molar-refractivity contribution < 1.29 is 23.7 Å². The molecule has 7 heteroatoms. The van der Waals surface area contributed by atoms with Crippen LogP contribution >= 0.6 is 0 Å². The van der Waals surface area contributed by atoms with Crippen LogP contribution in [-0.4, -0.2) is 88.7 Å². The third-order valence-electron chi connectivity index (χ3n) is 5.79. The predicted molar refractivity (Wildman–Crippen MR) is 141 cm³/mol. The molecule has 0 radical (unpaired) electrons. The first-order chi connectivity index (χ1) is 17.2. The molecule has 0 aliphatic carbocycles. The molecule has 35 heavy (non-hydrogen) atoms. The number of hydrogen-bond acceptors (Lipinski definition) is 7. The number of benzene rings is 2. The third kappa shape index (κ3) is 11.2. The van der Waals surface area contributed by atoms with Crippen molar-refractivity contribution in [2.24, 2.45) is 0 Å². The maximum atomic E-state index is 5.94. The summed E-state index contributed by atoms with van der Waals surface area (Å²) in [4.78, 5) is 4.66. The fourth-order valence-electron chi connectivity index (χ4n) is 3.55. The van der Waals surface area contributed by atoms with E-state index in [1.54, 1.807) is 0 Å². The van der Waals surface area contributed by atoms with Crippen molar-refractivity contribution >= 4 is 0 Å². The molecule has 2 aromatic rings. The second-order valence-electron chi connectivity index (χ2n) is 7.95. The van der Waals surface area contributed by atoms with Gasteiger partial charge < -0.3 is 33.5 Å². The normalized spacial score (nSPS) is 11.1. The summed E-state index contributed by atoms with van der Waals surface area (Å²) >= 11 is 0. The van der Waals surface area contributed by atoms with Gasteiger partial charge in [0.25, 0.3) is 0 Å². The molecular formula is C28H44N2O5. The Bertz CT molecular complexity index is 731. The Balaban J connectivity index is 1.64. The molecule has 196 valence electrons. The van der Waals surface area contributed by atoms with Crippen LogP contribution in [0.2, 0.25) is 0 Å². The van der Waals surface area contributed by atoms with E-state index in [2.05, 4.69) is 37.5 Å². The smallest absolute Gasteiger partial charge is 0.161 e. The molecule has 0 saturated carbocycles. The first-order valence-electron chi connectivity index (χ1n) is 12.9. The van der Waals surface area contributed by atoms with Gasteiger partial charge in [0.15, 0.2) is 23.0 Å². The number of rotatable bonds is 20. The Morgan fingerprint density at radius 3 is 1.09 bits per heavy atom. The Hall–Kier alpha value is -2.48.